The molecule has 0 spiro atoms. The van der Waals surface area contributed by atoms with Crippen LogP contribution < -0.4 is 16.2 Å². The Balaban J connectivity index is 2.41. The Morgan fingerprint density at radius 3 is 2.35 bits per heavy atom. The fourth-order valence-corrected chi connectivity index (χ4v) is 2.08. The second-order valence-corrected chi connectivity index (χ2v) is 4.87. The highest BCUT2D eigenvalue weighted by molar-refractivity contribution is 6.32. The normalized spacial score (nSPS) is 10.3. The number of carbonyl (C=O) groups excluding carboxylic acids is 1. The first-order valence-corrected chi connectivity index (χ1v) is 6.26. The van der Waals surface area contributed by atoms with Crippen LogP contribution in [0, 0.1) is 13.8 Å². The fraction of sp³-hybridized carbons (Fsp3) is 0.143. The molecule has 2 aromatic rings. The van der Waals surface area contributed by atoms with Gasteiger partial charge in [-0.15, -0.1) is 0 Å². The van der Waals surface area contributed by atoms with Gasteiger partial charge in [-0.2, -0.15) is 0 Å². The van der Waals surface area contributed by atoms with Crippen LogP contribution in [0.2, 0.25) is 5.02 Å². The van der Waals surface area contributed by atoms with Crippen LogP contribution in [0.3, 0.4) is 0 Å². The van der Waals surface area contributed by atoms with E-state index in [9.17, 15) is 4.79 Å². The zero-order chi connectivity index (χ0) is 14.9. The molecule has 5 nitrogen and oxygen atoms in total. The van der Waals surface area contributed by atoms with E-state index < -0.39 is 5.91 Å². The van der Waals surface area contributed by atoms with E-state index in [0.29, 0.717) is 22.0 Å². The highest BCUT2D eigenvalue weighted by atomic mass is 35.5. The number of aromatic nitrogens is 1. The molecule has 1 amide bonds. The summed E-state index contributed by atoms with van der Waals surface area (Å²) in [6.45, 7) is 3.64. The van der Waals surface area contributed by atoms with Gasteiger partial charge < -0.3 is 16.2 Å². The van der Waals surface area contributed by atoms with E-state index in [1.807, 2.05) is 13.8 Å². The summed E-state index contributed by atoms with van der Waals surface area (Å²) in [7, 11) is 0. The second-order valence-electron chi connectivity index (χ2n) is 4.46. The monoisotopic (exact) mass is 291 g/mol. The quantitative estimate of drug-likeness (QED) is 0.909. The molecule has 0 aliphatic heterocycles. The minimum Gasteiger partial charge on any atom is -0.437 e. The van der Waals surface area contributed by atoms with Crippen molar-refractivity contribution in [3.05, 3.63) is 46.1 Å². The summed E-state index contributed by atoms with van der Waals surface area (Å²) in [5, 5.41) is 0.322. The maximum absolute atomic E-state index is 11.2. The van der Waals surface area contributed by atoms with Crippen molar-refractivity contribution in [1.82, 2.24) is 4.98 Å². The molecule has 0 bridgehead atoms. The Kier molecular flexibility index (Phi) is 3.81. The average molecular weight is 292 g/mol. The topological polar surface area (TPSA) is 91.2 Å². The third-order valence-electron chi connectivity index (χ3n) is 2.77. The number of halogens is 1. The van der Waals surface area contributed by atoms with Crippen molar-refractivity contribution >= 4 is 23.2 Å². The van der Waals surface area contributed by atoms with Gasteiger partial charge in [0.25, 0.3) is 0 Å². The number of hydrogen-bond acceptors (Lipinski definition) is 4. The Labute approximate surface area is 121 Å². The second kappa shape index (κ2) is 5.38. The molecule has 6 heteroatoms. The number of amides is 1. The molecule has 0 aliphatic carbocycles. The lowest BCUT2D eigenvalue weighted by atomic mass is 10.1. The third kappa shape index (κ3) is 2.83. The van der Waals surface area contributed by atoms with E-state index >= 15 is 0 Å². The summed E-state index contributed by atoms with van der Waals surface area (Å²) in [4.78, 5) is 15.2. The summed E-state index contributed by atoms with van der Waals surface area (Å²) in [6.07, 6.45) is 1.46. The molecule has 0 saturated carbocycles. The molecule has 4 N–H and O–H groups in total. The van der Waals surface area contributed by atoms with Gasteiger partial charge >= 0.3 is 0 Å². The Morgan fingerprint density at radius 1 is 1.25 bits per heavy atom. The molecule has 2 rings (SSSR count). The lowest BCUT2D eigenvalue weighted by molar-refractivity contribution is 0.1000. The standard InChI is InChI=1S/C14H14ClN3O2/c1-7-3-9(13(17)19)4-8(2)12(7)20-14-11(15)5-10(16)6-18-14/h3-6H,16H2,1-2H3,(H2,17,19). The number of primary amides is 1. The summed E-state index contributed by atoms with van der Waals surface area (Å²) in [6, 6.07) is 4.89. The number of pyridine rings is 1. The van der Waals surface area contributed by atoms with Crippen molar-refractivity contribution in [3.8, 4) is 11.6 Å². The summed E-state index contributed by atoms with van der Waals surface area (Å²) in [5.74, 6) is 0.374. The van der Waals surface area contributed by atoms with Crippen molar-refractivity contribution < 1.29 is 9.53 Å². The van der Waals surface area contributed by atoms with E-state index in [1.54, 1.807) is 18.2 Å². The lowest BCUT2D eigenvalue weighted by Crippen LogP contribution is -2.11. The van der Waals surface area contributed by atoms with Gasteiger partial charge in [0.1, 0.15) is 10.8 Å². The molecule has 0 saturated heterocycles. The van der Waals surface area contributed by atoms with Crippen molar-refractivity contribution in [2.45, 2.75) is 13.8 Å². The van der Waals surface area contributed by atoms with Gasteiger partial charge in [0.05, 0.1) is 11.9 Å². The van der Waals surface area contributed by atoms with Gasteiger partial charge in [-0.1, -0.05) is 11.6 Å². The first kappa shape index (κ1) is 14.1. The van der Waals surface area contributed by atoms with Crippen LogP contribution in [0.25, 0.3) is 0 Å². The molecule has 1 heterocycles. The average Bonchev–Trinajstić information content (AvgIpc) is 2.35. The zero-order valence-electron chi connectivity index (χ0n) is 11.1. The maximum Gasteiger partial charge on any atom is 0.248 e. The van der Waals surface area contributed by atoms with Crippen LogP contribution in [0.4, 0.5) is 5.69 Å². The molecule has 0 aliphatic rings. The van der Waals surface area contributed by atoms with Gasteiger partial charge in [-0.05, 0) is 43.2 Å². The van der Waals surface area contributed by atoms with Crippen molar-refractivity contribution in [2.24, 2.45) is 5.73 Å². The summed E-state index contributed by atoms with van der Waals surface area (Å²) >= 11 is 6.02. The van der Waals surface area contributed by atoms with Crippen molar-refractivity contribution in [3.63, 3.8) is 0 Å². The minimum atomic E-state index is -0.480. The smallest absolute Gasteiger partial charge is 0.248 e. The number of anilines is 1. The highest BCUT2D eigenvalue weighted by Gasteiger charge is 2.13. The summed E-state index contributed by atoms with van der Waals surface area (Å²) < 4.78 is 5.71. The van der Waals surface area contributed by atoms with Gasteiger partial charge in [0.2, 0.25) is 11.8 Å². The molecule has 0 unspecified atom stereocenters. The number of ether oxygens (including phenoxy) is 1. The van der Waals surface area contributed by atoms with E-state index in [-0.39, 0.29) is 5.88 Å². The molecule has 20 heavy (non-hydrogen) atoms. The largest absolute Gasteiger partial charge is 0.437 e. The predicted molar refractivity (Wildman–Crippen MR) is 78.2 cm³/mol. The number of nitrogens with two attached hydrogens (primary N) is 2. The Hall–Kier alpha value is -2.27. The third-order valence-corrected chi connectivity index (χ3v) is 3.04. The molecule has 1 aromatic heterocycles. The molecule has 0 atom stereocenters. The van der Waals surface area contributed by atoms with Gasteiger partial charge in [0.15, 0.2) is 0 Å². The van der Waals surface area contributed by atoms with Crippen molar-refractivity contribution in [1.29, 1.82) is 0 Å². The zero-order valence-corrected chi connectivity index (χ0v) is 11.9. The van der Waals surface area contributed by atoms with Gasteiger partial charge in [-0.3, -0.25) is 4.79 Å². The van der Waals surface area contributed by atoms with E-state index in [2.05, 4.69) is 4.98 Å². The number of nitrogen functional groups attached to an aromatic ring is 1. The summed E-state index contributed by atoms with van der Waals surface area (Å²) in [5.41, 5.74) is 13.3. The first-order valence-electron chi connectivity index (χ1n) is 5.88. The molecule has 1 aromatic carbocycles. The highest BCUT2D eigenvalue weighted by Crippen LogP contribution is 2.33. The van der Waals surface area contributed by atoms with Crippen LogP contribution in [-0.4, -0.2) is 10.9 Å². The fourth-order valence-electron chi connectivity index (χ4n) is 1.87. The Bertz CT molecular complexity index is 663. The number of hydrogen-bond donors (Lipinski definition) is 2. The lowest BCUT2D eigenvalue weighted by Gasteiger charge is -2.13. The Morgan fingerprint density at radius 2 is 1.85 bits per heavy atom. The molecule has 0 fully saturated rings. The van der Waals surface area contributed by atoms with Crippen molar-refractivity contribution in [2.75, 3.05) is 5.73 Å². The molecule has 104 valence electrons. The molecule has 0 radical (unpaired) electrons. The van der Waals surface area contributed by atoms with Crippen LogP contribution in [0.1, 0.15) is 21.5 Å². The number of rotatable bonds is 3. The molecular weight excluding hydrogens is 278 g/mol. The van der Waals surface area contributed by atoms with Crippen LogP contribution >= 0.6 is 11.6 Å². The van der Waals surface area contributed by atoms with Crippen LogP contribution in [0.15, 0.2) is 24.4 Å². The number of benzene rings is 1. The van der Waals surface area contributed by atoms with Crippen LogP contribution in [0.5, 0.6) is 11.6 Å². The first-order chi connectivity index (χ1) is 9.38. The van der Waals surface area contributed by atoms with E-state index in [4.69, 9.17) is 27.8 Å². The van der Waals surface area contributed by atoms with Crippen LogP contribution in [-0.2, 0) is 0 Å². The number of aryl methyl sites for hydroxylation is 2. The molecular formula is C14H14ClN3O2. The van der Waals surface area contributed by atoms with Gasteiger partial charge in [-0.25, -0.2) is 4.98 Å². The number of carbonyl (C=O) groups is 1. The number of nitrogens with zero attached hydrogens (tertiary/aromatic N) is 1. The van der Waals surface area contributed by atoms with E-state index in [1.165, 1.54) is 6.20 Å². The maximum atomic E-state index is 11.2. The van der Waals surface area contributed by atoms with Gasteiger partial charge in [0, 0.05) is 5.56 Å². The predicted octanol–water partition coefficient (Wildman–Crippen LogP) is 2.83. The minimum absolute atomic E-state index is 0.263. The SMILES string of the molecule is Cc1cc(C(N)=O)cc(C)c1Oc1ncc(N)cc1Cl. The van der Waals surface area contributed by atoms with E-state index in [0.717, 1.165) is 11.1 Å².